The molecule has 0 aromatic heterocycles. The summed E-state index contributed by atoms with van der Waals surface area (Å²) in [7, 11) is 4.16. The minimum absolute atomic E-state index is 0.245. The van der Waals surface area contributed by atoms with Gasteiger partial charge >= 0.3 is 0 Å². The summed E-state index contributed by atoms with van der Waals surface area (Å²) < 4.78 is 0. The molecule has 0 spiro atoms. The molecule has 0 aliphatic carbocycles. The van der Waals surface area contributed by atoms with E-state index in [1.54, 1.807) is 0 Å². The highest BCUT2D eigenvalue weighted by Gasteiger charge is 2.18. The molecule has 0 radical (unpaired) electrons. The van der Waals surface area contributed by atoms with E-state index in [0.717, 1.165) is 19.3 Å². The SMILES string of the molecule is CCCCCCCCCCCCCC(Cl)CC(CC(C)O)N(C)C. The first-order chi connectivity index (χ1) is 11.5. The second-order valence-electron chi connectivity index (χ2n) is 7.86. The molecule has 146 valence electrons. The number of halogens is 1. The lowest BCUT2D eigenvalue weighted by Gasteiger charge is -2.27. The number of hydrogen-bond acceptors (Lipinski definition) is 2. The van der Waals surface area contributed by atoms with E-state index in [1.165, 1.54) is 70.6 Å². The van der Waals surface area contributed by atoms with E-state index in [-0.39, 0.29) is 11.5 Å². The normalized spacial score (nSPS) is 15.6. The Morgan fingerprint density at radius 3 is 1.67 bits per heavy atom. The van der Waals surface area contributed by atoms with Gasteiger partial charge in [0.2, 0.25) is 0 Å². The van der Waals surface area contributed by atoms with Crippen LogP contribution in [0.4, 0.5) is 0 Å². The molecule has 0 aliphatic rings. The highest BCUT2D eigenvalue weighted by molar-refractivity contribution is 6.20. The molecule has 0 saturated heterocycles. The van der Waals surface area contributed by atoms with Crippen LogP contribution in [0.3, 0.4) is 0 Å². The number of hydrogen-bond donors (Lipinski definition) is 1. The van der Waals surface area contributed by atoms with E-state index in [0.29, 0.717) is 6.04 Å². The summed E-state index contributed by atoms with van der Waals surface area (Å²) in [6.07, 6.45) is 17.9. The Morgan fingerprint density at radius 1 is 0.792 bits per heavy atom. The lowest BCUT2D eigenvalue weighted by Crippen LogP contribution is -2.33. The molecule has 0 aromatic carbocycles. The van der Waals surface area contributed by atoms with Crippen molar-refractivity contribution in [2.45, 2.75) is 121 Å². The van der Waals surface area contributed by atoms with Gasteiger partial charge in [-0.3, -0.25) is 0 Å². The molecule has 2 nitrogen and oxygen atoms in total. The van der Waals surface area contributed by atoms with Crippen LogP contribution in [0.15, 0.2) is 0 Å². The van der Waals surface area contributed by atoms with Crippen molar-refractivity contribution >= 4 is 11.6 Å². The minimum Gasteiger partial charge on any atom is -0.393 e. The van der Waals surface area contributed by atoms with Gasteiger partial charge in [0.25, 0.3) is 0 Å². The van der Waals surface area contributed by atoms with Crippen LogP contribution in [0.5, 0.6) is 0 Å². The van der Waals surface area contributed by atoms with Crippen LogP contribution in [0.25, 0.3) is 0 Å². The molecule has 0 bridgehead atoms. The predicted octanol–water partition coefficient (Wildman–Crippen LogP) is 6.39. The molecule has 0 heterocycles. The molecule has 0 rings (SSSR count). The molecule has 3 unspecified atom stereocenters. The Balaban J connectivity index is 3.49. The second-order valence-corrected chi connectivity index (χ2v) is 8.48. The van der Waals surface area contributed by atoms with Crippen LogP contribution in [0, 0.1) is 0 Å². The van der Waals surface area contributed by atoms with Gasteiger partial charge in [-0.1, -0.05) is 77.6 Å². The van der Waals surface area contributed by atoms with Gasteiger partial charge in [-0.25, -0.2) is 0 Å². The molecular weight excluding hydrogens is 318 g/mol. The lowest BCUT2D eigenvalue weighted by atomic mass is 10.00. The molecule has 24 heavy (non-hydrogen) atoms. The molecule has 0 aromatic rings. The summed E-state index contributed by atoms with van der Waals surface area (Å²) in [4.78, 5) is 2.20. The van der Waals surface area contributed by atoms with Crippen molar-refractivity contribution in [1.29, 1.82) is 0 Å². The third kappa shape index (κ3) is 15.7. The van der Waals surface area contributed by atoms with E-state index in [2.05, 4.69) is 25.9 Å². The predicted molar refractivity (Wildman–Crippen MR) is 109 cm³/mol. The average Bonchev–Trinajstić information content (AvgIpc) is 2.51. The van der Waals surface area contributed by atoms with Gasteiger partial charge < -0.3 is 10.0 Å². The first-order valence-corrected chi connectivity index (χ1v) is 10.9. The van der Waals surface area contributed by atoms with E-state index < -0.39 is 0 Å². The smallest absolute Gasteiger partial charge is 0.0527 e. The number of rotatable bonds is 17. The van der Waals surface area contributed by atoms with Gasteiger partial charge in [0.1, 0.15) is 0 Å². The van der Waals surface area contributed by atoms with Gasteiger partial charge in [-0.2, -0.15) is 0 Å². The summed E-state index contributed by atoms with van der Waals surface area (Å²) in [5.74, 6) is 0. The molecule has 0 aliphatic heterocycles. The molecule has 0 fully saturated rings. The quantitative estimate of drug-likeness (QED) is 0.240. The van der Waals surface area contributed by atoms with Crippen LogP contribution in [-0.2, 0) is 0 Å². The first kappa shape index (κ1) is 24.2. The van der Waals surface area contributed by atoms with Gasteiger partial charge in [0.05, 0.1) is 6.10 Å². The van der Waals surface area contributed by atoms with Crippen molar-refractivity contribution in [3.05, 3.63) is 0 Å². The maximum Gasteiger partial charge on any atom is 0.0527 e. The van der Waals surface area contributed by atoms with Crippen LogP contribution in [0.2, 0.25) is 0 Å². The fourth-order valence-corrected chi connectivity index (χ4v) is 3.71. The average molecular weight is 362 g/mol. The summed E-state index contributed by atoms with van der Waals surface area (Å²) in [6.45, 7) is 4.14. The third-order valence-electron chi connectivity index (χ3n) is 4.99. The Bertz CT molecular complexity index is 258. The monoisotopic (exact) mass is 361 g/mol. The minimum atomic E-state index is -0.247. The topological polar surface area (TPSA) is 23.5 Å². The molecule has 3 atom stereocenters. The lowest BCUT2D eigenvalue weighted by molar-refractivity contribution is 0.133. The molecule has 0 amide bonds. The Labute approximate surface area is 157 Å². The Hall–Kier alpha value is 0.210. The second kappa shape index (κ2) is 16.7. The van der Waals surface area contributed by atoms with Crippen molar-refractivity contribution in [1.82, 2.24) is 4.90 Å². The standard InChI is InChI=1S/C21H44ClNO/c1-5-6-7-8-9-10-11-12-13-14-15-16-20(22)18-21(23(3)4)17-19(2)24/h19-21,24H,5-18H2,1-4H3. The van der Waals surface area contributed by atoms with Crippen LogP contribution in [0.1, 0.15) is 104 Å². The summed E-state index contributed by atoms with van der Waals surface area (Å²) in [5, 5.41) is 9.84. The number of alkyl halides is 1. The maximum absolute atomic E-state index is 9.59. The zero-order chi connectivity index (χ0) is 18.2. The van der Waals surface area contributed by atoms with Gasteiger partial charge in [0.15, 0.2) is 0 Å². The van der Waals surface area contributed by atoms with Gasteiger partial charge in [0, 0.05) is 11.4 Å². The molecule has 3 heteroatoms. The van der Waals surface area contributed by atoms with Crippen molar-refractivity contribution < 1.29 is 5.11 Å². The van der Waals surface area contributed by atoms with Crippen molar-refractivity contribution in [2.24, 2.45) is 0 Å². The summed E-state index contributed by atoms with van der Waals surface area (Å²) >= 11 is 6.52. The van der Waals surface area contributed by atoms with Crippen LogP contribution < -0.4 is 0 Å². The first-order valence-electron chi connectivity index (χ1n) is 10.5. The zero-order valence-electron chi connectivity index (χ0n) is 16.9. The summed E-state index contributed by atoms with van der Waals surface area (Å²) in [6, 6.07) is 0.389. The maximum atomic E-state index is 9.59. The number of aliphatic hydroxyl groups is 1. The van der Waals surface area contributed by atoms with Crippen molar-refractivity contribution in [2.75, 3.05) is 14.1 Å². The van der Waals surface area contributed by atoms with Crippen LogP contribution >= 0.6 is 11.6 Å². The highest BCUT2D eigenvalue weighted by Crippen LogP contribution is 2.20. The van der Waals surface area contributed by atoms with Crippen LogP contribution in [-0.4, -0.2) is 41.6 Å². The fraction of sp³-hybridized carbons (Fsp3) is 1.00. The van der Waals surface area contributed by atoms with Gasteiger partial charge in [-0.15, -0.1) is 11.6 Å². The summed E-state index contributed by atoms with van der Waals surface area (Å²) in [5.41, 5.74) is 0. The van der Waals surface area contributed by atoms with E-state index >= 15 is 0 Å². The number of aliphatic hydroxyl groups excluding tert-OH is 1. The van der Waals surface area contributed by atoms with E-state index in [4.69, 9.17) is 11.6 Å². The fourth-order valence-electron chi connectivity index (χ4n) is 3.35. The third-order valence-corrected chi connectivity index (χ3v) is 5.39. The zero-order valence-corrected chi connectivity index (χ0v) is 17.7. The van der Waals surface area contributed by atoms with Gasteiger partial charge in [-0.05, 0) is 40.3 Å². The molecule has 1 N–H and O–H groups in total. The largest absolute Gasteiger partial charge is 0.393 e. The van der Waals surface area contributed by atoms with E-state index in [9.17, 15) is 5.11 Å². The number of unbranched alkanes of at least 4 members (excludes halogenated alkanes) is 10. The van der Waals surface area contributed by atoms with E-state index in [1.807, 2.05) is 6.92 Å². The van der Waals surface area contributed by atoms with Crippen molar-refractivity contribution in [3.8, 4) is 0 Å². The number of nitrogens with zero attached hydrogens (tertiary/aromatic N) is 1. The highest BCUT2D eigenvalue weighted by atomic mass is 35.5. The Kier molecular flexibility index (Phi) is 16.8. The molecule has 0 saturated carbocycles. The molecular formula is C21H44ClNO. The van der Waals surface area contributed by atoms with Crippen molar-refractivity contribution in [3.63, 3.8) is 0 Å². The Morgan fingerprint density at radius 2 is 1.25 bits per heavy atom.